The van der Waals surface area contributed by atoms with Gasteiger partial charge in [0.15, 0.2) is 22.1 Å². The van der Waals surface area contributed by atoms with Crippen molar-refractivity contribution in [3.8, 4) is 11.5 Å². The molecule has 2 aromatic heterocycles. The van der Waals surface area contributed by atoms with Gasteiger partial charge in [-0.2, -0.15) is 4.99 Å². The molecule has 0 saturated heterocycles. The lowest BCUT2D eigenvalue weighted by atomic mass is 10.2. The summed E-state index contributed by atoms with van der Waals surface area (Å²) >= 11 is 1.27. The summed E-state index contributed by atoms with van der Waals surface area (Å²) in [7, 11) is 1.31. The predicted molar refractivity (Wildman–Crippen MR) is 109 cm³/mol. The zero-order valence-electron chi connectivity index (χ0n) is 15.9. The van der Waals surface area contributed by atoms with Crippen molar-refractivity contribution in [1.29, 1.82) is 0 Å². The summed E-state index contributed by atoms with van der Waals surface area (Å²) in [5.41, 5.74) is 1.31. The van der Waals surface area contributed by atoms with Crippen molar-refractivity contribution in [3.63, 3.8) is 0 Å². The fourth-order valence-electron chi connectivity index (χ4n) is 3.27. The molecule has 1 aliphatic rings. The summed E-state index contributed by atoms with van der Waals surface area (Å²) in [5, 5.41) is 0.816. The van der Waals surface area contributed by atoms with E-state index in [2.05, 4.69) is 4.99 Å². The monoisotopic (exact) mass is 424 g/mol. The molecule has 30 heavy (non-hydrogen) atoms. The Balaban J connectivity index is 1.65. The molecule has 0 aliphatic carbocycles. The maximum atomic E-state index is 12.8. The number of hydrogen-bond acceptors (Lipinski definition) is 7. The molecule has 0 fully saturated rings. The van der Waals surface area contributed by atoms with Crippen LogP contribution in [0, 0.1) is 0 Å². The summed E-state index contributed by atoms with van der Waals surface area (Å²) in [6.45, 7) is 0.817. The number of furan rings is 1. The minimum absolute atomic E-state index is 0.0949. The van der Waals surface area contributed by atoms with Crippen LogP contribution in [-0.4, -0.2) is 36.8 Å². The van der Waals surface area contributed by atoms with Crippen LogP contribution in [0.3, 0.4) is 0 Å². The minimum Gasteiger partial charge on any atom is -0.486 e. The number of carbonyl (C=O) groups excluding carboxylic acids is 2. The van der Waals surface area contributed by atoms with Gasteiger partial charge in [-0.15, -0.1) is 0 Å². The van der Waals surface area contributed by atoms with Crippen LogP contribution in [-0.2, 0) is 16.1 Å². The van der Waals surface area contributed by atoms with Crippen molar-refractivity contribution in [2.45, 2.75) is 6.54 Å². The number of amides is 1. The lowest BCUT2D eigenvalue weighted by molar-refractivity contribution is -0.141. The number of benzene rings is 2. The highest BCUT2D eigenvalue weighted by Gasteiger charge is 2.19. The number of para-hydroxylation sites is 1. The lowest BCUT2D eigenvalue weighted by Gasteiger charge is -2.18. The number of esters is 1. The predicted octanol–water partition coefficient (Wildman–Crippen LogP) is 3.13. The first kappa shape index (κ1) is 18.4. The van der Waals surface area contributed by atoms with E-state index in [0.717, 1.165) is 10.1 Å². The highest BCUT2D eigenvalue weighted by atomic mass is 32.1. The van der Waals surface area contributed by atoms with Crippen molar-refractivity contribution in [1.82, 2.24) is 4.57 Å². The second-order valence-corrected chi connectivity index (χ2v) is 7.59. The highest BCUT2D eigenvalue weighted by Crippen LogP contribution is 2.35. The molecule has 4 aromatic rings. The number of nitrogens with zero attached hydrogens (tertiary/aromatic N) is 2. The molecule has 9 heteroatoms. The first-order valence-electron chi connectivity index (χ1n) is 9.20. The second-order valence-electron chi connectivity index (χ2n) is 6.58. The van der Waals surface area contributed by atoms with Crippen LogP contribution in [0.15, 0.2) is 51.9 Å². The average Bonchev–Trinajstić information content (AvgIpc) is 3.33. The van der Waals surface area contributed by atoms with Crippen molar-refractivity contribution < 1.29 is 28.2 Å². The number of carbonyl (C=O) groups is 2. The summed E-state index contributed by atoms with van der Waals surface area (Å²) in [6.07, 6.45) is 0. The number of aromatic nitrogens is 1. The Labute approximate surface area is 173 Å². The molecular weight excluding hydrogens is 408 g/mol. The van der Waals surface area contributed by atoms with E-state index >= 15 is 0 Å². The molecule has 1 amide bonds. The fraction of sp³-hybridized carbons (Fsp3) is 0.190. The van der Waals surface area contributed by atoms with E-state index in [4.69, 9.17) is 18.6 Å². The van der Waals surface area contributed by atoms with Gasteiger partial charge >= 0.3 is 11.9 Å². The van der Waals surface area contributed by atoms with Crippen LogP contribution in [0.5, 0.6) is 11.5 Å². The standard InChI is InChI=1S/C21H16N2O6S/c1-26-19(24)11-23-13-9-15-16(28-7-6-27-15)10-18(13)30-21(23)22-20(25)17-8-12-4-2-3-5-14(12)29-17/h2-5,8-10H,6-7,11H2,1H3. The van der Waals surface area contributed by atoms with Gasteiger partial charge in [-0.1, -0.05) is 29.5 Å². The quantitative estimate of drug-likeness (QED) is 0.469. The number of methoxy groups -OCH3 is 1. The van der Waals surface area contributed by atoms with Crippen LogP contribution in [0.25, 0.3) is 21.2 Å². The smallest absolute Gasteiger partial charge is 0.325 e. The molecular formula is C21H16N2O6S. The molecule has 3 heterocycles. The van der Waals surface area contributed by atoms with E-state index in [1.165, 1.54) is 18.4 Å². The zero-order chi connectivity index (χ0) is 20.7. The summed E-state index contributed by atoms with van der Waals surface area (Å²) in [5.74, 6) is 0.343. The van der Waals surface area contributed by atoms with Crippen molar-refractivity contribution >= 4 is 44.4 Å². The molecule has 0 unspecified atom stereocenters. The zero-order valence-corrected chi connectivity index (χ0v) is 16.7. The van der Waals surface area contributed by atoms with Gasteiger partial charge in [0.2, 0.25) is 0 Å². The Hall–Kier alpha value is -3.59. The topological polar surface area (TPSA) is 92.3 Å². The van der Waals surface area contributed by atoms with Gasteiger partial charge in [-0.3, -0.25) is 9.59 Å². The fourth-order valence-corrected chi connectivity index (χ4v) is 4.31. The minimum atomic E-state index is -0.534. The van der Waals surface area contributed by atoms with Gasteiger partial charge in [0.25, 0.3) is 0 Å². The summed E-state index contributed by atoms with van der Waals surface area (Å²) in [4.78, 5) is 29.4. The third-order valence-electron chi connectivity index (χ3n) is 4.70. The molecule has 2 aromatic carbocycles. The molecule has 0 spiro atoms. The Morgan fingerprint density at radius 2 is 1.90 bits per heavy atom. The Morgan fingerprint density at radius 3 is 2.67 bits per heavy atom. The molecule has 0 radical (unpaired) electrons. The molecule has 0 N–H and O–H groups in total. The van der Waals surface area contributed by atoms with E-state index in [1.807, 2.05) is 24.3 Å². The van der Waals surface area contributed by atoms with Gasteiger partial charge < -0.3 is 23.2 Å². The molecule has 0 saturated carbocycles. The average molecular weight is 424 g/mol. The molecule has 0 bridgehead atoms. The number of hydrogen-bond donors (Lipinski definition) is 0. The molecule has 0 atom stereocenters. The lowest BCUT2D eigenvalue weighted by Crippen LogP contribution is -2.22. The summed E-state index contributed by atoms with van der Waals surface area (Å²) in [6, 6.07) is 12.6. The van der Waals surface area contributed by atoms with E-state index < -0.39 is 11.9 Å². The molecule has 5 rings (SSSR count). The Morgan fingerprint density at radius 1 is 1.13 bits per heavy atom. The van der Waals surface area contributed by atoms with Crippen molar-refractivity contribution in [2.24, 2.45) is 4.99 Å². The van der Waals surface area contributed by atoms with Crippen LogP contribution >= 0.6 is 11.3 Å². The van der Waals surface area contributed by atoms with Crippen molar-refractivity contribution in [3.05, 3.63) is 53.0 Å². The van der Waals surface area contributed by atoms with E-state index in [1.54, 1.807) is 22.8 Å². The third kappa shape index (κ3) is 3.22. The second kappa shape index (κ2) is 7.34. The number of rotatable bonds is 3. The van der Waals surface area contributed by atoms with E-state index in [9.17, 15) is 9.59 Å². The van der Waals surface area contributed by atoms with Gasteiger partial charge in [-0.25, -0.2) is 0 Å². The van der Waals surface area contributed by atoms with Crippen LogP contribution < -0.4 is 14.3 Å². The third-order valence-corrected chi connectivity index (χ3v) is 5.74. The first-order chi connectivity index (χ1) is 14.6. The molecule has 152 valence electrons. The van der Waals surface area contributed by atoms with Crippen LogP contribution in [0.2, 0.25) is 0 Å². The Bertz CT molecular complexity index is 1330. The van der Waals surface area contributed by atoms with E-state index in [-0.39, 0.29) is 12.3 Å². The normalized spacial score (nSPS) is 13.7. The van der Waals surface area contributed by atoms with Gasteiger partial charge in [-0.05, 0) is 12.1 Å². The van der Waals surface area contributed by atoms with Gasteiger partial charge in [0.1, 0.15) is 25.3 Å². The number of thiazole rings is 1. The van der Waals surface area contributed by atoms with Gasteiger partial charge in [0, 0.05) is 17.5 Å². The SMILES string of the molecule is COC(=O)Cn1c(=NC(=O)c2cc3ccccc3o2)sc2cc3c(cc21)OCCO3. The molecule has 8 nitrogen and oxygen atoms in total. The number of ether oxygens (including phenoxy) is 3. The Kier molecular flexibility index (Phi) is 4.51. The summed E-state index contributed by atoms with van der Waals surface area (Å²) < 4.78 is 24.2. The highest BCUT2D eigenvalue weighted by molar-refractivity contribution is 7.16. The van der Waals surface area contributed by atoms with Crippen LogP contribution in [0.4, 0.5) is 0 Å². The van der Waals surface area contributed by atoms with Gasteiger partial charge in [0.05, 0.1) is 17.3 Å². The number of fused-ring (bicyclic) bond motifs is 3. The van der Waals surface area contributed by atoms with E-state index in [0.29, 0.717) is 40.6 Å². The maximum Gasteiger partial charge on any atom is 0.325 e. The maximum absolute atomic E-state index is 12.8. The van der Waals surface area contributed by atoms with Crippen molar-refractivity contribution in [2.75, 3.05) is 20.3 Å². The molecule has 1 aliphatic heterocycles. The largest absolute Gasteiger partial charge is 0.486 e. The van der Waals surface area contributed by atoms with Crippen LogP contribution in [0.1, 0.15) is 10.6 Å². The first-order valence-corrected chi connectivity index (χ1v) is 10.0.